The molecule has 2 aliphatic carbocycles. The molecule has 0 amide bonds. The molecule has 16 heavy (non-hydrogen) atoms. The maximum Gasteiger partial charge on any atom is 0.174 e. The van der Waals surface area contributed by atoms with Crippen molar-refractivity contribution in [3.05, 3.63) is 0 Å². The number of ketones is 1. The first-order valence-electron chi connectivity index (χ1n) is 5.93. The highest BCUT2D eigenvalue weighted by molar-refractivity contribution is 5.85. The third-order valence-electron chi connectivity index (χ3n) is 4.66. The molecule has 0 saturated heterocycles. The predicted octanol–water partition coefficient (Wildman–Crippen LogP) is 2.39. The second-order valence-corrected chi connectivity index (χ2v) is 6.32. The molecule has 0 bridgehead atoms. The standard InChI is InChI=1S/C13H22O3/c1-11(2)7-10(14)9-6-13(15-4,16-5)12(9,3)8-11/h9H,6-8H2,1-5H3. The summed E-state index contributed by atoms with van der Waals surface area (Å²) in [6, 6.07) is 0. The lowest BCUT2D eigenvalue weighted by Crippen LogP contribution is -2.69. The van der Waals surface area contributed by atoms with E-state index in [1.165, 1.54) is 0 Å². The fourth-order valence-electron chi connectivity index (χ4n) is 3.96. The van der Waals surface area contributed by atoms with Crippen LogP contribution in [-0.2, 0) is 14.3 Å². The molecule has 2 atom stereocenters. The van der Waals surface area contributed by atoms with Crippen LogP contribution in [0.5, 0.6) is 0 Å². The van der Waals surface area contributed by atoms with Crippen molar-refractivity contribution in [1.82, 2.24) is 0 Å². The summed E-state index contributed by atoms with van der Waals surface area (Å²) in [7, 11) is 3.36. The number of ether oxygens (including phenoxy) is 2. The summed E-state index contributed by atoms with van der Waals surface area (Å²) in [5.41, 5.74) is -0.0968. The second kappa shape index (κ2) is 3.30. The highest BCUT2D eigenvalue weighted by Gasteiger charge is 2.69. The average Bonchev–Trinajstić information content (AvgIpc) is 2.14. The summed E-state index contributed by atoms with van der Waals surface area (Å²) in [4.78, 5) is 12.1. The number of hydrogen-bond acceptors (Lipinski definition) is 3. The molecule has 0 N–H and O–H groups in total. The number of Topliss-reactive ketones (excluding diaryl/α,β-unsaturated/α-hetero) is 1. The van der Waals surface area contributed by atoms with Crippen LogP contribution in [0.3, 0.4) is 0 Å². The Morgan fingerprint density at radius 2 is 1.75 bits per heavy atom. The van der Waals surface area contributed by atoms with Gasteiger partial charge < -0.3 is 9.47 Å². The van der Waals surface area contributed by atoms with Crippen LogP contribution in [-0.4, -0.2) is 25.8 Å². The van der Waals surface area contributed by atoms with Crippen molar-refractivity contribution >= 4 is 5.78 Å². The molecular formula is C13H22O3. The number of rotatable bonds is 2. The van der Waals surface area contributed by atoms with Crippen molar-refractivity contribution in [3.63, 3.8) is 0 Å². The van der Waals surface area contributed by atoms with Gasteiger partial charge >= 0.3 is 0 Å². The Morgan fingerprint density at radius 1 is 1.19 bits per heavy atom. The van der Waals surface area contributed by atoms with Gasteiger partial charge in [0.2, 0.25) is 0 Å². The molecular weight excluding hydrogens is 204 g/mol. The molecule has 0 radical (unpaired) electrons. The van der Waals surface area contributed by atoms with Gasteiger partial charge in [-0.1, -0.05) is 20.8 Å². The Bertz CT molecular complexity index is 317. The Morgan fingerprint density at radius 3 is 2.25 bits per heavy atom. The van der Waals surface area contributed by atoms with Crippen molar-refractivity contribution < 1.29 is 14.3 Å². The Balaban J connectivity index is 2.33. The summed E-state index contributed by atoms with van der Waals surface area (Å²) >= 11 is 0. The van der Waals surface area contributed by atoms with Crippen molar-refractivity contribution in [2.75, 3.05) is 14.2 Å². The molecule has 2 rings (SSSR count). The molecule has 0 aromatic heterocycles. The zero-order valence-corrected chi connectivity index (χ0v) is 10.9. The molecule has 2 saturated carbocycles. The Labute approximate surface area is 97.5 Å². The minimum Gasteiger partial charge on any atom is -0.353 e. The van der Waals surface area contributed by atoms with Gasteiger partial charge in [0.05, 0.1) is 0 Å². The smallest absolute Gasteiger partial charge is 0.174 e. The van der Waals surface area contributed by atoms with Gasteiger partial charge in [0.25, 0.3) is 0 Å². The van der Waals surface area contributed by atoms with Gasteiger partial charge in [0, 0.05) is 38.4 Å². The lowest BCUT2D eigenvalue weighted by molar-refractivity contribution is -0.356. The van der Waals surface area contributed by atoms with Gasteiger partial charge in [-0.3, -0.25) is 4.79 Å². The van der Waals surface area contributed by atoms with E-state index < -0.39 is 5.79 Å². The zero-order valence-electron chi connectivity index (χ0n) is 10.9. The summed E-state index contributed by atoms with van der Waals surface area (Å²) in [5.74, 6) is -0.0470. The fraction of sp³-hybridized carbons (Fsp3) is 0.923. The van der Waals surface area contributed by atoms with E-state index in [0.29, 0.717) is 18.6 Å². The van der Waals surface area contributed by atoms with E-state index in [1.807, 2.05) is 0 Å². The normalized spacial score (nSPS) is 40.1. The van der Waals surface area contributed by atoms with Crippen LogP contribution in [0.4, 0.5) is 0 Å². The predicted molar refractivity (Wildman–Crippen MR) is 61.0 cm³/mol. The molecule has 0 aliphatic heterocycles. The number of carbonyl (C=O) groups excluding carboxylic acids is 1. The van der Waals surface area contributed by atoms with E-state index in [4.69, 9.17) is 9.47 Å². The molecule has 0 heterocycles. The highest BCUT2D eigenvalue weighted by atomic mass is 16.7. The van der Waals surface area contributed by atoms with Gasteiger partial charge in [-0.2, -0.15) is 0 Å². The average molecular weight is 226 g/mol. The molecule has 3 heteroatoms. The van der Waals surface area contributed by atoms with E-state index in [-0.39, 0.29) is 16.7 Å². The SMILES string of the molecule is COC1(OC)CC2C(=O)CC(C)(C)CC21C. The fourth-order valence-corrected chi connectivity index (χ4v) is 3.96. The molecule has 3 nitrogen and oxygen atoms in total. The van der Waals surface area contributed by atoms with E-state index >= 15 is 0 Å². The van der Waals surface area contributed by atoms with Crippen LogP contribution in [0.25, 0.3) is 0 Å². The summed E-state index contributed by atoms with van der Waals surface area (Å²) in [5, 5.41) is 0. The van der Waals surface area contributed by atoms with Gasteiger partial charge in [0.15, 0.2) is 5.79 Å². The third kappa shape index (κ3) is 1.31. The Kier molecular flexibility index (Phi) is 2.48. The minimum atomic E-state index is -0.551. The van der Waals surface area contributed by atoms with Gasteiger partial charge in [0.1, 0.15) is 5.78 Å². The first-order valence-corrected chi connectivity index (χ1v) is 5.93. The summed E-state index contributed by atoms with van der Waals surface area (Å²) in [6.07, 6.45) is 2.39. The number of fused-ring (bicyclic) bond motifs is 1. The molecule has 2 fully saturated rings. The monoisotopic (exact) mass is 226 g/mol. The molecule has 2 aliphatic rings. The quantitative estimate of drug-likeness (QED) is 0.678. The first kappa shape index (κ1) is 12.1. The second-order valence-electron chi connectivity index (χ2n) is 6.32. The zero-order chi connectivity index (χ0) is 12.2. The molecule has 0 aromatic carbocycles. The molecule has 0 aromatic rings. The topological polar surface area (TPSA) is 35.5 Å². The minimum absolute atomic E-state index is 0.0606. The van der Waals surface area contributed by atoms with Crippen LogP contribution in [0.1, 0.15) is 40.0 Å². The highest BCUT2D eigenvalue weighted by Crippen LogP contribution is 2.65. The third-order valence-corrected chi connectivity index (χ3v) is 4.66. The maximum atomic E-state index is 12.1. The molecule has 2 unspecified atom stereocenters. The van der Waals surface area contributed by atoms with Crippen molar-refractivity contribution in [3.8, 4) is 0 Å². The van der Waals surface area contributed by atoms with Crippen molar-refractivity contribution in [1.29, 1.82) is 0 Å². The van der Waals surface area contributed by atoms with E-state index in [1.54, 1.807) is 14.2 Å². The van der Waals surface area contributed by atoms with E-state index in [0.717, 1.165) is 6.42 Å². The number of methoxy groups -OCH3 is 2. The van der Waals surface area contributed by atoms with Crippen molar-refractivity contribution in [2.45, 2.75) is 45.8 Å². The Hall–Kier alpha value is -0.410. The van der Waals surface area contributed by atoms with E-state index in [2.05, 4.69) is 20.8 Å². The molecule has 92 valence electrons. The van der Waals surface area contributed by atoms with Gasteiger partial charge in [-0.15, -0.1) is 0 Å². The van der Waals surface area contributed by atoms with Crippen molar-refractivity contribution in [2.24, 2.45) is 16.7 Å². The van der Waals surface area contributed by atoms with Gasteiger partial charge in [-0.05, 0) is 11.8 Å². The summed E-state index contributed by atoms with van der Waals surface area (Å²) < 4.78 is 11.1. The summed E-state index contributed by atoms with van der Waals surface area (Å²) in [6.45, 7) is 6.44. The first-order chi connectivity index (χ1) is 7.30. The molecule has 0 spiro atoms. The largest absolute Gasteiger partial charge is 0.353 e. The van der Waals surface area contributed by atoms with Crippen LogP contribution in [0, 0.1) is 16.7 Å². The lowest BCUT2D eigenvalue weighted by Gasteiger charge is -2.64. The van der Waals surface area contributed by atoms with Crippen LogP contribution in [0.2, 0.25) is 0 Å². The van der Waals surface area contributed by atoms with Crippen LogP contribution in [0.15, 0.2) is 0 Å². The number of hydrogen-bond donors (Lipinski definition) is 0. The maximum absolute atomic E-state index is 12.1. The van der Waals surface area contributed by atoms with Crippen LogP contribution < -0.4 is 0 Å². The van der Waals surface area contributed by atoms with E-state index in [9.17, 15) is 4.79 Å². The number of carbonyl (C=O) groups is 1. The lowest BCUT2D eigenvalue weighted by atomic mass is 9.46. The van der Waals surface area contributed by atoms with Gasteiger partial charge in [-0.25, -0.2) is 0 Å². The van der Waals surface area contributed by atoms with Crippen LogP contribution >= 0.6 is 0 Å².